The van der Waals surface area contributed by atoms with Crippen molar-refractivity contribution in [3.63, 3.8) is 0 Å². The van der Waals surface area contributed by atoms with Crippen LogP contribution in [0.15, 0.2) is 23.1 Å². The number of ether oxygens (including phenoxy) is 1. The Morgan fingerprint density at radius 3 is 2.76 bits per heavy atom. The zero-order valence-electron chi connectivity index (χ0n) is 8.89. The van der Waals surface area contributed by atoms with Crippen LogP contribution in [0.4, 0.5) is 4.79 Å². The summed E-state index contributed by atoms with van der Waals surface area (Å²) < 4.78 is 4.94. The average Bonchev–Trinajstić information content (AvgIpc) is 2.60. The van der Waals surface area contributed by atoms with Crippen molar-refractivity contribution in [3.8, 4) is 11.5 Å². The third-order valence-corrected chi connectivity index (χ3v) is 2.95. The number of imide groups is 1. The largest absolute Gasteiger partial charge is 0.504 e. The molecule has 0 atom stereocenters. The van der Waals surface area contributed by atoms with Gasteiger partial charge in [0.2, 0.25) is 0 Å². The molecule has 1 aromatic rings. The Balaban J connectivity index is 2.33. The van der Waals surface area contributed by atoms with Gasteiger partial charge in [-0.15, -0.1) is 0 Å². The summed E-state index contributed by atoms with van der Waals surface area (Å²) in [6, 6.07) is 4.67. The lowest BCUT2D eigenvalue weighted by molar-refractivity contribution is -0.115. The van der Waals surface area contributed by atoms with Crippen molar-refractivity contribution in [3.05, 3.63) is 28.7 Å². The highest BCUT2D eigenvalue weighted by molar-refractivity contribution is 8.18. The number of aromatic hydroxyl groups is 1. The summed E-state index contributed by atoms with van der Waals surface area (Å²) in [5.74, 6) is -0.0737. The van der Waals surface area contributed by atoms with Crippen LogP contribution in [0.1, 0.15) is 5.56 Å². The number of hydrogen-bond donors (Lipinski definition) is 2. The standard InChI is InChI=1S/C11H9NO4S/c1-16-8-4-6(2-3-7(8)13)5-9-10(14)12-11(15)17-9/h2-5,13H,1H3,(H,12,14,15)/b9-5-. The third-order valence-electron chi connectivity index (χ3n) is 2.14. The molecule has 1 aliphatic rings. The molecule has 6 heteroatoms. The second-order valence-electron chi connectivity index (χ2n) is 3.28. The normalized spacial score (nSPS) is 17.4. The molecule has 0 saturated carbocycles. The van der Waals surface area contributed by atoms with Crippen molar-refractivity contribution in [1.29, 1.82) is 0 Å². The number of methoxy groups -OCH3 is 1. The topological polar surface area (TPSA) is 75.6 Å². The van der Waals surface area contributed by atoms with Crippen LogP contribution in [0.3, 0.4) is 0 Å². The quantitative estimate of drug-likeness (QED) is 0.783. The molecule has 2 amide bonds. The fourth-order valence-electron chi connectivity index (χ4n) is 1.36. The first kappa shape index (κ1) is 11.5. The molecule has 17 heavy (non-hydrogen) atoms. The van der Waals surface area contributed by atoms with Gasteiger partial charge in [0.25, 0.3) is 11.1 Å². The van der Waals surface area contributed by atoms with Gasteiger partial charge < -0.3 is 9.84 Å². The van der Waals surface area contributed by atoms with E-state index in [1.165, 1.54) is 13.2 Å². The van der Waals surface area contributed by atoms with E-state index in [0.29, 0.717) is 16.2 Å². The Bertz CT molecular complexity index is 524. The Labute approximate surface area is 101 Å². The molecule has 1 aliphatic heterocycles. The fraction of sp³-hybridized carbons (Fsp3) is 0.0909. The van der Waals surface area contributed by atoms with Gasteiger partial charge in [-0.25, -0.2) is 0 Å². The van der Waals surface area contributed by atoms with Gasteiger partial charge >= 0.3 is 0 Å². The number of rotatable bonds is 2. The number of phenols is 1. The zero-order chi connectivity index (χ0) is 12.4. The summed E-state index contributed by atoms with van der Waals surface area (Å²) in [5, 5.41) is 11.2. The van der Waals surface area contributed by atoms with Crippen LogP contribution in [-0.2, 0) is 4.79 Å². The van der Waals surface area contributed by atoms with E-state index in [2.05, 4.69) is 5.32 Å². The van der Waals surface area contributed by atoms with Gasteiger partial charge in [0.15, 0.2) is 11.5 Å². The second kappa shape index (κ2) is 4.50. The van der Waals surface area contributed by atoms with Gasteiger partial charge in [0, 0.05) is 0 Å². The Hall–Kier alpha value is -1.95. The highest BCUT2D eigenvalue weighted by Gasteiger charge is 2.24. The summed E-state index contributed by atoms with van der Waals surface area (Å²) in [6.07, 6.45) is 1.56. The molecule has 1 aromatic carbocycles. The molecular weight excluding hydrogens is 242 g/mol. The van der Waals surface area contributed by atoms with Gasteiger partial charge in [-0.05, 0) is 35.5 Å². The number of phenolic OH excluding ortho intramolecular Hbond substituents is 1. The highest BCUT2D eigenvalue weighted by atomic mass is 32.2. The van der Waals surface area contributed by atoms with Crippen LogP contribution < -0.4 is 10.1 Å². The monoisotopic (exact) mass is 251 g/mol. The number of nitrogens with one attached hydrogen (secondary N) is 1. The summed E-state index contributed by atoms with van der Waals surface area (Å²) in [5.41, 5.74) is 0.673. The third kappa shape index (κ3) is 2.42. The second-order valence-corrected chi connectivity index (χ2v) is 4.30. The highest BCUT2D eigenvalue weighted by Crippen LogP contribution is 2.30. The fourth-order valence-corrected chi connectivity index (χ4v) is 2.04. The summed E-state index contributed by atoms with van der Waals surface area (Å²) >= 11 is 0.844. The van der Waals surface area contributed by atoms with Gasteiger partial charge in [-0.3, -0.25) is 14.9 Å². The number of benzene rings is 1. The molecule has 1 fully saturated rings. The molecule has 2 N–H and O–H groups in total. The van der Waals surface area contributed by atoms with Crippen molar-refractivity contribution in [1.82, 2.24) is 5.32 Å². The van der Waals surface area contributed by atoms with E-state index in [4.69, 9.17) is 4.74 Å². The maximum Gasteiger partial charge on any atom is 0.290 e. The minimum absolute atomic E-state index is 0.0225. The minimum atomic E-state index is -0.410. The molecule has 1 saturated heterocycles. The van der Waals surface area contributed by atoms with Crippen LogP contribution >= 0.6 is 11.8 Å². The van der Waals surface area contributed by atoms with Crippen LogP contribution in [-0.4, -0.2) is 23.4 Å². The van der Waals surface area contributed by atoms with E-state index in [1.807, 2.05) is 0 Å². The number of thioether (sulfide) groups is 1. The van der Waals surface area contributed by atoms with Crippen molar-refractivity contribution in [2.75, 3.05) is 7.11 Å². The van der Waals surface area contributed by atoms with Crippen LogP contribution in [0.2, 0.25) is 0 Å². The molecule has 0 aliphatic carbocycles. The number of carbonyl (C=O) groups excluding carboxylic acids is 2. The van der Waals surface area contributed by atoms with Crippen LogP contribution in [0.25, 0.3) is 6.08 Å². The van der Waals surface area contributed by atoms with Crippen molar-refractivity contribution < 1.29 is 19.4 Å². The van der Waals surface area contributed by atoms with E-state index >= 15 is 0 Å². The van der Waals surface area contributed by atoms with Gasteiger partial charge in [0.05, 0.1) is 12.0 Å². The molecule has 0 radical (unpaired) electrons. The molecule has 1 heterocycles. The minimum Gasteiger partial charge on any atom is -0.504 e. The molecule has 0 unspecified atom stereocenters. The van der Waals surface area contributed by atoms with Gasteiger partial charge in [0.1, 0.15) is 0 Å². The van der Waals surface area contributed by atoms with Gasteiger partial charge in [-0.1, -0.05) is 6.07 Å². The molecule has 0 aromatic heterocycles. The number of carbonyl (C=O) groups is 2. The molecular formula is C11H9NO4S. The first-order valence-corrected chi connectivity index (χ1v) is 5.53. The lowest BCUT2D eigenvalue weighted by Gasteiger charge is -2.03. The smallest absolute Gasteiger partial charge is 0.290 e. The number of hydrogen-bond acceptors (Lipinski definition) is 5. The van der Waals surface area contributed by atoms with E-state index in [9.17, 15) is 14.7 Å². The maximum absolute atomic E-state index is 11.3. The lowest BCUT2D eigenvalue weighted by atomic mass is 10.2. The first-order valence-electron chi connectivity index (χ1n) is 4.72. The Kier molecular flexibility index (Phi) is 3.06. The summed E-state index contributed by atoms with van der Waals surface area (Å²) in [6.45, 7) is 0. The van der Waals surface area contributed by atoms with Gasteiger partial charge in [-0.2, -0.15) is 0 Å². The van der Waals surface area contributed by atoms with Crippen LogP contribution in [0, 0.1) is 0 Å². The predicted molar refractivity (Wildman–Crippen MR) is 63.8 cm³/mol. The van der Waals surface area contributed by atoms with Crippen LogP contribution in [0.5, 0.6) is 11.5 Å². The lowest BCUT2D eigenvalue weighted by Crippen LogP contribution is -2.17. The van der Waals surface area contributed by atoms with Crippen molar-refractivity contribution >= 4 is 29.0 Å². The predicted octanol–water partition coefficient (Wildman–Crippen LogP) is 1.72. The number of amides is 2. The first-order chi connectivity index (χ1) is 8.10. The molecule has 2 rings (SSSR count). The SMILES string of the molecule is COc1cc(/C=C2\SC(=O)NC2=O)ccc1O. The molecule has 5 nitrogen and oxygen atoms in total. The van der Waals surface area contributed by atoms with Crippen molar-refractivity contribution in [2.24, 2.45) is 0 Å². The molecule has 0 spiro atoms. The summed E-state index contributed by atoms with van der Waals surface area (Å²) in [7, 11) is 1.44. The Morgan fingerprint density at radius 1 is 1.41 bits per heavy atom. The maximum atomic E-state index is 11.3. The van der Waals surface area contributed by atoms with E-state index in [1.54, 1.807) is 18.2 Å². The zero-order valence-corrected chi connectivity index (χ0v) is 9.71. The van der Waals surface area contributed by atoms with E-state index in [0.717, 1.165) is 11.8 Å². The average molecular weight is 251 g/mol. The van der Waals surface area contributed by atoms with E-state index < -0.39 is 5.91 Å². The Morgan fingerprint density at radius 2 is 2.18 bits per heavy atom. The molecule has 0 bridgehead atoms. The summed E-state index contributed by atoms with van der Waals surface area (Å²) in [4.78, 5) is 22.6. The van der Waals surface area contributed by atoms with E-state index in [-0.39, 0.29) is 11.0 Å². The van der Waals surface area contributed by atoms with Crippen molar-refractivity contribution in [2.45, 2.75) is 0 Å². The molecule has 88 valence electrons.